The summed E-state index contributed by atoms with van der Waals surface area (Å²) in [5, 5.41) is 2.08. The number of hydrogen-bond donors (Lipinski definition) is 1. The van der Waals surface area contributed by atoms with Gasteiger partial charge in [0, 0.05) is 5.38 Å². The first-order chi connectivity index (χ1) is 6.29. The summed E-state index contributed by atoms with van der Waals surface area (Å²) in [4.78, 5) is 4.29. The highest BCUT2D eigenvalue weighted by Crippen LogP contribution is 2.38. The number of thiazole rings is 1. The van der Waals surface area contributed by atoms with Gasteiger partial charge in [-0.15, -0.1) is 11.3 Å². The number of aromatic nitrogens is 1. The van der Waals surface area contributed by atoms with Crippen LogP contribution in [0.25, 0.3) is 0 Å². The van der Waals surface area contributed by atoms with E-state index in [-0.39, 0.29) is 6.04 Å². The fourth-order valence-corrected chi connectivity index (χ4v) is 2.91. The molecule has 0 radical (unpaired) electrons. The summed E-state index contributed by atoms with van der Waals surface area (Å²) >= 11 is 1.64. The Balaban J connectivity index is 2.08. The molecule has 1 aliphatic rings. The van der Waals surface area contributed by atoms with E-state index < -0.39 is 0 Å². The minimum Gasteiger partial charge on any atom is -0.322 e. The molecule has 1 aromatic heterocycles. The quantitative estimate of drug-likeness (QED) is 0.789. The third-order valence-corrected chi connectivity index (χ3v) is 3.79. The van der Waals surface area contributed by atoms with E-state index in [1.54, 1.807) is 11.3 Å². The van der Waals surface area contributed by atoms with Crippen molar-refractivity contribution >= 4 is 11.3 Å². The summed E-state index contributed by atoms with van der Waals surface area (Å²) < 4.78 is 0. The minimum atomic E-state index is 0.170. The molecule has 2 rings (SSSR count). The number of nitrogens with zero attached hydrogens (tertiary/aromatic N) is 1. The molecule has 0 amide bonds. The monoisotopic (exact) mass is 196 g/mol. The molecule has 0 aromatic carbocycles. The van der Waals surface area contributed by atoms with Gasteiger partial charge in [0.2, 0.25) is 0 Å². The fourth-order valence-electron chi connectivity index (χ4n) is 2.31. The molecule has 3 atom stereocenters. The van der Waals surface area contributed by atoms with E-state index >= 15 is 0 Å². The number of hydrogen-bond acceptors (Lipinski definition) is 3. The van der Waals surface area contributed by atoms with Gasteiger partial charge in [-0.25, -0.2) is 4.98 Å². The van der Waals surface area contributed by atoms with Crippen molar-refractivity contribution in [1.29, 1.82) is 0 Å². The van der Waals surface area contributed by atoms with Crippen LogP contribution < -0.4 is 5.73 Å². The van der Waals surface area contributed by atoms with Gasteiger partial charge in [0.25, 0.3) is 0 Å². The number of nitrogens with two attached hydrogens (primary N) is 1. The van der Waals surface area contributed by atoms with Crippen molar-refractivity contribution in [3.8, 4) is 0 Å². The molecule has 1 aromatic rings. The molecule has 0 bridgehead atoms. The van der Waals surface area contributed by atoms with E-state index in [1.165, 1.54) is 19.3 Å². The smallest absolute Gasteiger partial charge is 0.0795 e. The van der Waals surface area contributed by atoms with Crippen molar-refractivity contribution in [3.63, 3.8) is 0 Å². The third kappa shape index (κ3) is 1.76. The summed E-state index contributed by atoms with van der Waals surface area (Å²) in [6.45, 7) is 2.31. The topological polar surface area (TPSA) is 38.9 Å². The van der Waals surface area contributed by atoms with E-state index in [0.29, 0.717) is 5.92 Å². The van der Waals surface area contributed by atoms with Gasteiger partial charge in [-0.1, -0.05) is 19.8 Å². The molecule has 1 saturated carbocycles. The molecule has 0 aliphatic heterocycles. The average molecular weight is 196 g/mol. The zero-order chi connectivity index (χ0) is 9.26. The standard InChI is InChI=1S/C10H16N2S/c1-7-3-2-4-8(7)10(11)9-5-13-6-12-9/h5-8,10H,2-4,11H2,1H3. The molecule has 3 heteroatoms. The van der Waals surface area contributed by atoms with Crippen molar-refractivity contribution in [2.75, 3.05) is 0 Å². The molecule has 0 saturated heterocycles. The Labute approximate surface area is 83.2 Å². The van der Waals surface area contributed by atoms with E-state index in [1.807, 2.05) is 5.51 Å². The van der Waals surface area contributed by atoms with E-state index in [2.05, 4.69) is 17.3 Å². The number of rotatable bonds is 2. The zero-order valence-electron chi connectivity index (χ0n) is 7.94. The van der Waals surface area contributed by atoms with Crippen LogP contribution in [-0.4, -0.2) is 4.98 Å². The van der Waals surface area contributed by atoms with Crippen LogP contribution in [0.4, 0.5) is 0 Å². The van der Waals surface area contributed by atoms with E-state index in [4.69, 9.17) is 5.73 Å². The van der Waals surface area contributed by atoms with Gasteiger partial charge in [0.1, 0.15) is 0 Å². The maximum absolute atomic E-state index is 6.18. The van der Waals surface area contributed by atoms with Crippen LogP contribution in [-0.2, 0) is 0 Å². The van der Waals surface area contributed by atoms with Gasteiger partial charge in [-0.05, 0) is 18.3 Å². The van der Waals surface area contributed by atoms with Gasteiger partial charge < -0.3 is 5.73 Å². The van der Waals surface area contributed by atoms with Crippen LogP contribution in [0.1, 0.15) is 37.9 Å². The summed E-state index contributed by atoms with van der Waals surface area (Å²) in [6.07, 6.45) is 3.95. The Morgan fingerprint density at radius 1 is 1.62 bits per heavy atom. The largest absolute Gasteiger partial charge is 0.322 e. The second-order valence-corrected chi connectivity index (χ2v) is 4.73. The predicted octanol–water partition coefficient (Wildman–Crippen LogP) is 2.58. The molecular formula is C10H16N2S. The first-order valence-electron chi connectivity index (χ1n) is 4.92. The molecule has 0 spiro atoms. The molecule has 13 heavy (non-hydrogen) atoms. The highest BCUT2D eigenvalue weighted by Gasteiger charge is 2.30. The molecule has 72 valence electrons. The van der Waals surface area contributed by atoms with Crippen molar-refractivity contribution in [2.45, 2.75) is 32.2 Å². The lowest BCUT2D eigenvalue weighted by Crippen LogP contribution is -2.23. The third-order valence-electron chi connectivity index (χ3n) is 3.18. The van der Waals surface area contributed by atoms with Gasteiger partial charge in [-0.3, -0.25) is 0 Å². The molecular weight excluding hydrogens is 180 g/mol. The summed E-state index contributed by atoms with van der Waals surface area (Å²) in [5.74, 6) is 1.43. The zero-order valence-corrected chi connectivity index (χ0v) is 8.76. The highest BCUT2D eigenvalue weighted by atomic mass is 32.1. The van der Waals surface area contributed by atoms with Crippen molar-refractivity contribution in [2.24, 2.45) is 17.6 Å². The van der Waals surface area contributed by atoms with Crippen molar-refractivity contribution in [3.05, 3.63) is 16.6 Å². The first kappa shape index (κ1) is 9.16. The van der Waals surface area contributed by atoms with Crippen molar-refractivity contribution in [1.82, 2.24) is 4.98 Å². The lowest BCUT2D eigenvalue weighted by Gasteiger charge is -2.21. The average Bonchev–Trinajstić information content (AvgIpc) is 2.72. The van der Waals surface area contributed by atoms with Gasteiger partial charge in [0.15, 0.2) is 0 Å². The van der Waals surface area contributed by atoms with Crippen LogP contribution >= 0.6 is 11.3 Å². The maximum Gasteiger partial charge on any atom is 0.0795 e. The normalized spacial score (nSPS) is 30.6. The van der Waals surface area contributed by atoms with Crippen molar-refractivity contribution < 1.29 is 0 Å². The highest BCUT2D eigenvalue weighted by molar-refractivity contribution is 7.07. The SMILES string of the molecule is CC1CCCC1C(N)c1cscn1. The Kier molecular flexibility index (Phi) is 2.65. The first-order valence-corrected chi connectivity index (χ1v) is 5.87. The van der Waals surface area contributed by atoms with E-state index in [9.17, 15) is 0 Å². The predicted molar refractivity (Wildman–Crippen MR) is 55.5 cm³/mol. The maximum atomic E-state index is 6.18. The van der Waals surface area contributed by atoms with Crippen LogP contribution in [0, 0.1) is 11.8 Å². The van der Waals surface area contributed by atoms with Crippen LogP contribution in [0.5, 0.6) is 0 Å². The fraction of sp³-hybridized carbons (Fsp3) is 0.700. The Bertz CT molecular complexity index is 258. The Morgan fingerprint density at radius 3 is 3.00 bits per heavy atom. The molecule has 2 N–H and O–H groups in total. The van der Waals surface area contributed by atoms with Gasteiger partial charge in [-0.2, -0.15) is 0 Å². The summed E-state index contributed by atoms with van der Waals surface area (Å²) in [5.41, 5.74) is 9.14. The Hall–Kier alpha value is -0.410. The van der Waals surface area contributed by atoms with Crippen LogP contribution in [0.3, 0.4) is 0 Å². The Morgan fingerprint density at radius 2 is 2.46 bits per heavy atom. The van der Waals surface area contributed by atoms with E-state index in [0.717, 1.165) is 11.6 Å². The molecule has 1 heterocycles. The molecule has 3 unspecified atom stereocenters. The van der Waals surface area contributed by atoms with Gasteiger partial charge in [0.05, 0.1) is 17.2 Å². The lowest BCUT2D eigenvalue weighted by molar-refractivity contribution is 0.347. The minimum absolute atomic E-state index is 0.170. The van der Waals surface area contributed by atoms with Crippen LogP contribution in [0.15, 0.2) is 10.9 Å². The summed E-state index contributed by atoms with van der Waals surface area (Å²) in [7, 11) is 0. The second-order valence-electron chi connectivity index (χ2n) is 4.01. The van der Waals surface area contributed by atoms with Crippen LogP contribution in [0.2, 0.25) is 0 Å². The lowest BCUT2D eigenvalue weighted by atomic mass is 9.89. The molecule has 2 nitrogen and oxygen atoms in total. The summed E-state index contributed by atoms with van der Waals surface area (Å²) in [6, 6.07) is 0.170. The second kappa shape index (κ2) is 3.76. The molecule has 1 fully saturated rings. The van der Waals surface area contributed by atoms with Gasteiger partial charge >= 0.3 is 0 Å². The molecule has 1 aliphatic carbocycles.